The van der Waals surface area contributed by atoms with Gasteiger partial charge in [-0.2, -0.15) is 20.5 Å². The van der Waals surface area contributed by atoms with Crippen LogP contribution in [-0.4, -0.2) is 19.2 Å². The van der Waals surface area contributed by atoms with E-state index in [1.54, 1.807) is 20.2 Å². The van der Waals surface area contributed by atoms with E-state index in [0.717, 1.165) is 22.0 Å². The minimum Gasteiger partial charge on any atom is -0.505 e. The molecule has 0 bridgehead atoms. The molecule has 0 saturated carbocycles. The molecule has 0 unspecified atom stereocenters. The van der Waals surface area contributed by atoms with Crippen LogP contribution in [0.25, 0.3) is 10.8 Å². The van der Waals surface area contributed by atoms with Gasteiger partial charge < -0.3 is 5.11 Å². The van der Waals surface area contributed by atoms with Gasteiger partial charge in [-0.1, -0.05) is 26.0 Å². The first-order chi connectivity index (χ1) is 9.69. The number of hydrogen-bond donors (Lipinski definition) is 1. The molecule has 1 N–H and O–H groups in total. The van der Waals surface area contributed by atoms with Crippen molar-refractivity contribution in [3.05, 3.63) is 29.8 Å². The molecule has 0 aromatic heterocycles. The maximum Gasteiger partial charge on any atom is 0.151 e. The number of phenolic OH excluding ortho intramolecular Hbond substituents is 1. The van der Waals surface area contributed by atoms with E-state index < -0.39 is 0 Å². The van der Waals surface area contributed by atoms with Crippen molar-refractivity contribution in [3.63, 3.8) is 0 Å². The van der Waals surface area contributed by atoms with Crippen LogP contribution in [0.5, 0.6) is 5.75 Å². The minimum atomic E-state index is 0.128. The molecule has 20 heavy (non-hydrogen) atoms. The van der Waals surface area contributed by atoms with Crippen LogP contribution in [0.2, 0.25) is 0 Å². The summed E-state index contributed by atoms with van der Waals surface area (Å²) in [5.41, 5.74) is 2.08. The Morgan fingerprint density at radius 3 is 1.90 bits per heavy atom. The van der Waals surface area contributed by atoms with E-state index in [4.69, 9.17) is 0 Å². The van der Waals surface area contributed by atoms with Gasteiger partial charge in [0.15, 0.2) is 5.75 Å². The van der Waals surface area contributed by atoms with Crippen LogP contribution in [0.4, 0.5) is 11.4 Å². The maximum absolute atomic E-state index is 10.2. The number of rotatable bonds is 2. The number of aromatic hydroxyl groups is 1. The molecule has 0 heterocycles. The van der Waals surface area contributed by atoms with E-state index in [1.165, 1.54) is 0 Å². The Labute approximate surface area is 119 Å². The molecule has 106 valence electrons. The average Bonchev–Trinajstić information content (AvgIpc) is 2.47. The lowest BCUT2D eigenvalue weighted by molar-refractivity contribution is 0.482. The smallest absolute Gasteiger partial charge is 0.151 e. The summed E-state index contributed by atoms with van der Waals surface area (Å²) in [7, 11) is 3.18. The zero-order valence-corrected chi connectivity index (χ0v) is 12.5. The van der Waals surface area contributed by atoms with Crippen molar-refractivity contribution in [3.8, 4) is 5.75 Å². The minimum absolute atomic E-state index is 0.128. The van der Waals surface area contributed by atoms with E-state index in [0.29, 0.717) is 5.69 Å². The van der Waals surface area contributed by atoms with Gasteiger partial charge in [0.25, 0.3) is 0 Å². The van der Waals surface area contributed by atoms with Crippen LogP contribution in [0.15, 0.2) is 44.7 Å². The molecule has 0 saturated heterocycles. The zero-order valence-electron chi connectivity index (χ0n) is 12.5. The van der Waals surface area contributed by atoms with Gasteiger partial charge in [0.1, 0.15) is 5.69 Å². The third-order valence-corrected chi connectivity index (χ3v) is 2.78. The van der Waals surface area contributed by atoms with Gasteiger partial charge >= 0.3 is 0 Å². The number of fused-ring (bicyclic) bond motifs is 1. The summed E-state index contributed by atoms with van der Waals surface area (Å²) >= 11 is 0. The van der Waals surface area contributed by atoms with E-state index in [1.807, 2.05) is 39.0 Å². The summed E-state index contributed by atoms with van der Waals surface area (Å²) in [6, 6.07) is 7.42. The van der Waals surface area contributed by atoms with Crippen molar-refractivity contribution >= 4 is 22.1 Å². The molecular weight excluding hydrogens is 252 g/mol. The third kappa shape index (κ3) is 2.99. The Kier molecular flexibility index (Phi) is 5.77. The number of phenols is 1. The molecule has 5 nitrogen and oxygen atoms in total. The Bertz CT molecular complexity index is 595. The van der Waals surface area contributed by atoms with Gasteiger partial charge in [-0.15, -0.1) is 0 Å². The second-order valence-electron chi connectivity index (χ2n) is 3.84. The first kappa shape index (κ1) is 15.8. The zero-order chi connectivity index (χ0) is 15.1. The largest absolute Gasteiger partial charge is 0.505 e. The van der Waals surface area contributed by atoms with Gasteiger partial charge in [-0.05, 0) is 30.0 Å². The predicted molar refractivity (Wildman–Crippen MR) is 82.6 cm³/mol. The quantitative estimate of drug-likeness (QED) is 0.739. The highest BCUT2D eigenvalue weighted by atomic mass is 16.3. The van der Waals surface area contributed by atoms with Gasteiger partial charge in [-0.3, -0.25) is 0 Å². The Hall–Kier alpha value is -2.30. The van der Waals surface area contributed by atoms with Crippen LogP contribution < -0.4 is 0 Å². The monoisotopic (exact) mass is 272 g/mol. The van der Waals surface area contributed by atoms with Crippen molar-refractivity contribution < 1.29 is 5.11 Å². The molecule has 2 aromatic rings. The van der Waals surface area contributed by atoms with E-state index in [9.17, 15) is 5.11 Å². The van der Waals surface area contributed by atoms with Crippen molar-refractivity contribution in [2.45, 2.75) is 20.8 Å². The number of hydrogen-bond acceptors (Lipinski definition) is 5. The second kappa shape index (κ2) is 7.33. The first-order valence-electron chi connectivity index (χ1n) is 6.54. The van der Waals surface area contributed by atoms with Crippen LogP contribution in [0, 0.1) is 6.92 Å². The molecule has 0 aliphatic rings. The number of aryl methyl sites for hydroxylation is 1. The van der Waals surface area contributed by atoms with Gasteiger partial charge in [-0.25, -0.2) is 0 Å². The third-order valence-electron chi connectivity index (χ3n) is 2.78. The standard InChI is InChI=1S/C13H14N4O.C2H6/c1-8-10(16-14-2)6-4-9-5-7-11(17-15-3)13(18)12(8)9;1-2/h4-7,18H,1-3H3;1-2H3. The highest BCUT2D eigenvalue weighted by molar-refractivity contribution is 5.97. The summed E-state index contributed by atoms with van der Waals surface area (Å²) in [6.45, 7) is 5.90. The van der Waals surface area contributed by atoms with E-state index in [2.05, 4.69) is 20.5 Å². The van der Waals surface area contributed by atoms with Gasteiger partial charge in [0.05, 0.1) is 5.69 Å². The molecule has 0 aliphatic carbocycles. The Morgan fingerprint density at radius 1 is 0.850 bits per heavy atom. The molecule has 0 amide bonds. The molecule has 0 atom stereocenters. The molecule has 5 heteroatoms. The van der Waals surface area contributed by atoms with Gasteiger partial charge in [0.2, 0.25) is 0 Å². The van der Waals surface area contributed by atoms with Gasteiger partial charge in [0, 0.05) is 19.5 Å². The molecule has 0 fully saturated rings. The number of azo groups is 2. The summed E-state index contributed by atoms with van der Waals surface area (Å²) < 4.78 is 0. The fourth-order valence-corrected chi connectivity index (χ4v) is 1.96. The number of nitrogens with zero attached hydrogens (tertiary/aromatic N) is 4. The highest BCUT2D eigenvalue weighted by Crippen LogP contribution is 2.39. The van der Waals surface area contributed by atoms with E-state index in [-0.39, 0.29) is 5.75 Å². The van der Waals surface area contributed by atoms with Crippen LogP contribution in [0.3, 0.4) is 0 Å². The summed E-state index contributed by atoms with van der Waals surface area (Å²) in [4.78, 5) is 0. The van der Waals surface area contributed by atoms with E-state index >= 15 is 0 Å². The molecule has 0 spiro atoms. The molecular formula is C15H20N4O. The summed E-state index contributed by atoms with van der Waals surface area (Å²) in [5, 5.41) is 27.3. The van der Waals surface area contributed by atoms with Crippen molar-refractivity contribution in [2.75, 3.05) is 14.1 Å². The SMILES string of the molecule is CC.CN=Nc1ccc2ccc(N=NC)c(O)c2c1C. The second-order valence-corrected chi connectivity index (χ2v) is 3.84. The van der Waals surface area contributed by atoms with Crippen LogP contribution in [0.1, 0.15) is 19.4 Å². The first-order valence-corrected chi connectivity index (χ1v) is 6.54. The molecule has 2 rings (SSSR count). The lowest BCUT2D eigenvalue weighted by atomic mass is 10.0. The predicted octanol–water partition coefficient (Wildman–Crippen LogP) is 5.31. The summed E-state index contributed by atoms with van der Waals surface area (Å²) in [6.07, 6.45) is 0. The average molecular weight is 272 g/mol. The van der Waals surface area contributed by atoms with Crippen molar-refractivity contribution in [2.24, 2.45) is 20.5 Å². The maximum atomic E-state index is 10.2. The van der Waals surface area contributed by atoms with Crippen molar-refractivity contribution in [1.82, 2.24) is 0 Å². The normalized spacial score (nSPS) is 11.1. The fourth-order valence-electron chi connectivity index (χ4n) is 1.96. The Morgan fingerprint density at radius 2 is 1.35 bits per heavy atom. The Balaban J connectivity index is 0.000000956. The summed E-state index contributed by atoms with van der Waals surface area (Å²) in [5.74, 6) is 0.128. The van der Waals surface area contributed by atoms with Crippen LogP contribution in [-0.2, 0) is 0 Å². The lowest BCUT2D eigenvalue weighted by Crippen LogP contribution is -1.81. The topological polar surface area (TPSA) is 69.7 Å². The fraction of sp³-hybridized carbons (Fsp3) is 0.333. The van der Waals surface area contributed by atoms with Crippen LogP contribution >= 0.6 is 0 Å². The molecule has 0 aliphatic heterocycles. The lowest BCUT2D eigenvalue weighted by Gasteiger charge is -2.08. The molecule has 2 aromatic carbocycles. The number of benzene rings is 2. The molecule has 0 radical (unpaired) electrons. The highest BCUT2D eigenvalue weighted by Gasteiger charge is 2.11. The van der Waals surface area contributed by atoms with Crippen molar-refractivity contribution in [1.29, 1.82) is 0 Å².